The number of hydrogen-bond donors (Lipinski definition) is 1. The van der Waals surface area contributed by atoms with Gasteiger partial charge in [-0.25, -0.2) is 0 Å². The van der Waals surface area contributed by atoms with E-state index in [4.69, 9.17) is 4.74 Å². The van der Waals surface area contributed by atoms with Crippen LogP contribution in [0, 0.1) is 56.7 Å². The molecule has 3 saturated carbocycles. The van der Waals surface area contributed by atoms with Crippen molar-refractivity contribution in [3.63, 3.8) is 0 Å². The molecule has 6 aliphatic carbocycles. The summed E-state index contributed by atoms with van der Waals surface area (Å²) in [6.45, 7) is 22.5. The first-order valence-corrected chi connectivity index (χ1v) is 18.4. The van der Waals surface area contributed by atoms with Crippen LogP contribution in [0.5, 0.6) is 0 Å². The Morgan fingerprint density at radius 2 is 1.61 bits per heavy atom. The van der Waals surface area contributed by atoms with Crippen molar-refractivity contribution in [3.05, 3.63) is 34.4 Å². The van der Waals surface area contributed by atoms with Crippen LogP contribution >= 0.6 is 0 Å². The summed E-state index contributed by atoms with van der Waals surface area (Å²) in [4.78, 5) is 39.2. The molecule has 0 spiro atoms. The molecule has 0 heterocycles. The molecule has 6 aliphatic rings. The van der Waals surface area contributed by atoms with Gasteiger partial charge in [-0.1, -0.05) is 60.6 Å². The van der Waals surface area contributed by atoms with E-state index in [9.17, 15) is 19.5 Å². The number of hydrogen-bond acceptors (Lipinski definition) is 4. The van der Waals surface area contributed by atoms with Crippen molar-refractivity contribution in [1.29, 1.82) is 0 Å². The van der Waals surface area contributed by atoms with E-state index >= 15 is 0 Å². The number of carbonyl (C=O) groups is 3. The first kappa shape index (κ1) is 33.7. The van der Waals surface area contributed by atoms with Crippen molar-refractivity contribution in [3.8, 4) is 0 Å². The second kappa shape index (κ2) is 10.7. The molecule has 0 aromatic heterocycles. The summed E-state index contributed by atoms with van der Waals surface area (Å²) in [7, 11) is 0. The average Bonchev–Trinajstić information content (AvgIpc) is 3.26. The molecule has 0 saturated heterocycles. The molecule has 5 nitrogen and oxygen atoms in total. The lowest BCUT2D eigenvalue weighted by molar-refractivity contribution is -0.201. The highest BCUT2D eigenvalue weighted by Crippen LogP contribution is 2.76. The lowest BCUT2D eigenvalue weighted by atomic mass is 9.33. The van der Waals surface area contributed by atoms with E-state index < -0.39 is 17.0 Å². The molecule has 0 radical (unpaired) electrons. The van der Waals surface area contributed by atoms with Crippen molar-refractivity contribution in [2.45, 2.75) is 145 Å². The third-order valence-electron chi connectivity index (χ3n) is 14.9. The molecule has 0 amide bonds. The summed E-state index contributed by atoms with van der Waals surface area (Å²) in [6.07, 6.45) is 14.6. The maximum absolute atomic E-state index is 13.5. The van der Waals surface area contributed by atoms with Crippen LogP contribution in [0.25, 0.3) is 0 Å². The fourth-order valence-electron chi connectivity index (χ4n) is 12.7. The molecule has 254 valence electrons. The number of aliphatic carboxylic acids is 1. The minimum Gasteiger partial charge on any atom is -0.481 e. The molecule has 1 N–H and O–H groups in total. The van der Waals surface area contributed by atoms with E-state index in [1.807, 2.05) is 20.8 Å². The number of esters is 1. The van der Waals surface area contributed by atoms with E-state index in [1.165, 1.54) is 17.6 Å². The molecule has 0 bridgehead atoms. The molecule has 0 aromatic carbocycles. The molecule has 6 rings (SSSR count). The Hall–Kier alpha value is -2.17. The Balaban J connectivity index is 1.31. The van der Waals surface area contributed by atoms with Gasteiger partial charge in [0.15, 0.2) is 5.78 Å². The summed E-state index contributed by atoms with van der Waals surface area (Å²) >= 11 is 0. The third kappa shape index (κ3) is 4.62. The standard InChI is InChI=1S/C41H60O5/c1-24(2)32-29(42)23-41(35(44)45)22-21-39(9)28(33(32)41)15-16-31-38(8)19-17-27(37(6,7)30(38)18-20-40(31,39)10)25-11-13-26(14-12-25)34(43)46-36(3,4)5/h11,17,24,26,28,30-31H,12-16,18-23H2,1-10H3,(H,44,45)/t26?,28?,30?,31?,38-,39+,40+,41+/m0/s1. The number of fused-ring (bicyclic) bond motifs is 7. The SMILES string of the molecule is CC(C)C1=C2C3CCC4[C@@]5(C)CC=C(C6=CCC(C(=O)OC(C)(C)C)CC6)C(C)(C)C5CC[C@@]4(C)[C@]3(C)CC[C@@]2(C(=O)O)CC1=O. The predicted molar refractivity (Wildman–Crippen MR) is 182 cm³/mol. The van der Waals surface area contributed by atoms with Crippen LogP contribution < -0.4 is 0 Å². The van der Waals surface area contributed by atoms with E-state index in [-0.39, 0.29) is 57.6 Å². The molecule has 3 fully saturated rings. The fourth-order valence-corrected chi connectivity index (χ4v) is 12.7. The fraction of sp³-hybridized carbons (Fsp3) is 0.780. The molecule has 0 aliphatic heterocycles. The predicted octanol–water partition coefficient (Wildman–Crippen LogP) is 9.66. The smallest absolute Gasteiger partial charge is 0.314 e. The molecule has 5 heteroatoms. The number of Topliss-reactive ketones (excluding diaryl/α,β-unsaturated/α-hetero) is 1. The topological polar surface area (TPSA) is 80.7 Å². The quantitative estimate of drug-likeness (QED) is 0.312. The zero-order valence-corrected chi connectivity index (χ0v) is 30.4. The molecular weight excluding hydrogens is 572 g/mol. The summed E-state index contributed by atoms with van der Waals surface area (Å²) in [5.41, 5.74) is 3.61. The average molecular weight is 633 g/mol. The van der Waals surface area contributed by atoms with Crippen LogP contribution in [0.15, 0.2) is 34.4 Å². The van der Waals surface area contributed by atoms with Gasteiger partial charge < -0.3 is 9.84 Å². The molecule has 4 unspecified atom stereocenters. The Morgan fingerprint density at radius 3 is 2.20 bits per heavy atom. The molecular formula is C41H60O5. The zero-order chi connectivity index (χ0) is 33.8. The van der Waals surface area contributed by atoms with Crippen LogP contribution in [0.4, 0.5) is 0 Å². The number of ether oxygens (including phenoxy) is 1. The largest absolute Gasteiger partial charge is 0.481 e. The van der Waals surface area contributed by atoms with Gasteiger partial charge in [-0.05, 0) is 153 Å². The van der Waals surface area contributed by atoms with E-state index in [0.717, 1.165) is 62.5 Å². The number of carboxylic acids is 1. The maximum Gasteiger partial charge on any atom is 0.314 e. The number of carbonyl (C=O) groups excluding carboxylic acids is 2. The molecule has 0 aromatic rings. The lowest BCUT2D eigenvalue weighted by Gasteiger charge is -2.71. The molecule has 46 heavy (non-hydrogen) atoms. The second-order valence-electron chi connectivity index (χ2n) is 18.9. The highest BCUT2D eigenvalue weighted by Gasteiger charge is 2.70. The van der Waals surface area contributed by atoms with Gasteiger partial charge in [-0.3, -0.25) is 14.4 Å². The Morgan fingerprint density at radius 1 is 0.913 bits per heavy atom. The lowest BCUT2D eigenvalue weighted by Crippen LogP contribution is -2.64. The van der Waals surface area contributed by atoms with Gasteiger partial charge in [0, 0.05) is 6.42 Å². The Bertz CT molecular complexity index is 1430. The number of rotatable bonds is 4. The van der Waals surface area contributed by atoms with Gasteiger partial charge in [0.1, 0.15) is 5.60 Å². The minimum absolute atomic E-state index is 0.0281. The Kier molecular flexibility index (Phi) is 7.82. The maximum atomic E-state index is 13.5. The van der Waals surface area contributed by atoms with Crippen LogP contribution in [0.3, 0.4) is 0 Å². The number of allylic oxidation sites excluding steroid dienone is 5. The first-order chi connectivity index (χ1) is 21.2. The van der Waals surface area contributed by atoms with Crippen LogP contribution in [0.1, 0.15) is 140 Å². The van der Waals surface area contributed by atoms with Crippen LogP contribution in [-0.4, -0.2) is 28.4 Å². The van der Waals surface area contributed by atoms with Gasteiger partial charge in [0.25, 0.3) is 0 Å². The monoisotopic (exact) mass is 632 g/mol. The molecule has 8 atom stereocenters. The number of ketones is 1. The summed E-state index contributed by atoms with van der Waals surface area (Å²) in [5, 5.41) is 10.6. The third-order valence-corrected chi connectivity index (χ3v) is 14.9. The number of carboxylic acid groups (broad SMARTS) is 1. The zero-order valence-electron chi connectivity index (χ0n) is 30.4. The van der Waals surface area contributed by atoms with Crippen molar-refractivity contribution >= 4 is 17.7 Å². The van der Waals surface area contributed by atoms with Crippen molar-refractivity contribution < 1.29 is 24.2 Å². The van der Waals surface area contributed by atoms with E-state index in [0.29, 0.717) is 18.3 Å². The highest BCUT2D eigenvalue weighted by atomic mass is 16.6. The van der Waals surface area contributed by atoms with Gasteiger partial charge in [0.2, 0.25) is 0 Å². The van der Waals surface area contributed by atoms with Gasteiger partial charge in [-0.2, -0.15) is 0 Å². The van der Waals surface area contributed by atoms with E-state index in [1.54, 1.807) is 0 Å². The van der Waals surface area contributed by atoms with E-state index in [2.05, 4.69) is 60.6 Å². The summed E-state index contributed by atoms with van der Waals surface area (Å²) < 4.78 is 5.72. The first-order valence-electron chi connectivity index (χ1n) is 18.4. The van der Waals surface area contributed by atoms with Gasteiger partial charge in [0.05, 0.1) is 11.3 Å². The van der Waals surface area contributed by atoms with Crippen molar-refractivity contribution in [1.82, 2.24) is 0 Å². The summed E-state index contributed by atoms with van der Waals surface area (Å²) in [6, 6.07) is 0. The van der Waals surface area contributed by atoms with Crippen LogP contribution in [-0.2, 0) is 19.1 Å². The normalized spacial score (nSPS) is 41.9. The van der Waals surface area contributed by atoms with Crippen LogP contribution in [0.2, 0.25) is 0 Å². The second-order valence-corrected chi connectivity index (χ2v) is 18.9. The van der Waals surface area contributed by atoms with Gasteiger partial charge in [-0.15, -0.1) is 0 Å². The minimum atomic E-state index is -0.994. The van der Waals surface area contributed by atoms with Gasteiger partial charge >= 0.3 is 11.9 Å². The Labute approximate surface area is 278 Å². The summed E-state index contributed by atoms with van der Waals surface area (Å²) in [5.74, 6) is 0.512. The van der Waals surface area contributed by atoms with Crippen molar-refractivity contribution in [2.75, 3.05) is 0 Å². The highest BCUT2D eigenvalue weighted by molar-refractivity contribution is 6.05. The van der Waals surface area contributed by atoms with Crippen molar-refractivity contribution in [2.24, 2.45) is 56.7 Å².